The van der Waals surface area contributed by atoms with Gasteiger partial charge in [0.1, 0.15) is 23.0 Å². The van der Waals surface area contributed by atoms with Gasteiger partial charge in [-0.25, -0.2) is 27.8 Å². The number of nitrogens with one attached hydrogen (secondary N) is 2. The molecule has 1 aliphatic heterocycles. The molecule has 4 rings (SSSR count). The number of dihydropyridines is 1. The number of pyridine rings is 1. The van der Waals surface area contributed by atoms with Crippen molar-refractivity contribution in [1.29, 1.82) is 0 Å². The van der Waals surface area contributed by atoms with E-state index in [1.165, 1.54) is 31.9 Å². The molecule has 0 aromatic carbocycles. The quantitative estimate of drug-likeness (QED) is 0.365. The van der Waals surface area contributed by atoms with Gasteiger partial charge in [0, 0.05) is 18.2 Å². The summed E-state index contributed by atoms with van der Waals surface area (Å²) in [7, 11) is -1.27. The first-order valence-corrected chi connectivity index (χ1v) is 12.6. The number of allylic oxidation sites excluding steroid dienone is 1. The Morgan fingerprint density at radius 3 is 2.57 bits per heavy atom. The van der Waals surface area contributed by atoms with Crippen LogP contribution in [0.2, 0.25) is 0 Å². The van der Waals surface area contributed by atoms with Crippen LogP contribution in [0.5, 0.6) is 5.88 Å². The van der Waals surface area contributed by atoms with E-state index in [-0.39, 0.29) is 29.1 Å². The van der Waals surface area contributed by atoms with Crippen molar-refractivity contribution in [2.45, 2.75) is 31.2 Å². The van der Waals surface area contributed by atoms with Crippen LogP contribution in [0.15, 0.2) is 48.6 Å². The number of methoxy groups -OCH3 is 2. The normalized spacial score (nSPS) is 17.2. The highest BCUT2D eigenvalue weighted by atomic mass is 32.2. The van der Waals surface area contributed by atoms with E-state index in [4.69, 9.17) is 9.47 Å². The lowest BCUT2D eigenvalue weighted by Crippen LogP contribution is -2.34. The molecule has 13 nitrogen and oxygen atoms in total. The third-order valence-corrected chi connectivity index (χ3v) is 7.61. The van der Waals surface area contributed by atoms with E-state index in [2.05, 4.69) is 35.2 Å². The van der Waals surface area contributed by atoms with Gasteiger partial charge in [0.15, 0.2) is 17.9 Å². The number of aliphatic hydroxyl groups is 1. The summed E-state index contributed by atoms with van der Waals surface area (Å²) in [5.41, 5.74) is 0.415. The fourth-order valence-electron chi connectivity index (χ4n) is 3.57. The van der Waals surface area contributed by atoms with E-state index in [0.29, 0.717) is 11.6 Å². The van der Waals surface area contributed by atoms with Crippen LogP contribution in [0.4, 0.5) is 10.3 Å². The number of rotatable bonds is 9. The van der Waals surface area contributed by atoms with E-state index in [0.717, 1.165) is 12.4 Å². The zero-order valence-electron chi connectivity index (χ0n) is 20.3. The molecule has 196 valence electrons. The summed E-state index contributed by atoms with van der Waals surface area (Å²) >= 11 is 0. The highest BCUT2D eigenvalue weighted by Crippen LogP contribution is 2.31. The van der Waals surface area contributed by atoms with Gasteiger partial charge in [-0.3, -0.25) is 9.29 Å². The molecule has 0 bridgehead atoms. The summed E-state index contributed by atoms with van der Waals surface area (Å²) in [5.74, 6) is -0.765. The van der Waals surface area contributed by atoms with Gasteiger partial charge < -0.3 is 19.9 Å². The average Bonchev–Trinajstić information content (AvgIpc) is 3.30. The number of hydrogen-bond acceptors (Lipinski definition) is 11. The van der Waals surface area contributed by atoms with Crippen molar-refractivity contribution in [3.63, 3.8) is 0 Å². The number of ether oxygens (including phenoxy) is 2. The minimum atomic E-state index is -4.13. The molecule has 15 heteroatoms. The first-order chi connectivity index (χ1) is 17.7. The Kier molecular flexibility index (Phi) is 7.35. The summed E-state index contributed by atoms with van der Waals surface area (Å²) in [5, 5.41) is 20.6. The molecule has 2 unspecified atom stereocenters. The molecule has 1 aliphatic rings. The van der Waals surface area contributed by atoms with Crippen LogP contribution >= 0.6 is 0 Å². The Morgan fingerprint density at radius 2 is 1.89 bits per heavy atom. The topological polar surface area (TPSA) is 166 Å². The van der Waals surface area contributed by atoms with Gasteiger partial charge in [0.2, 0.25) is 21.9 Å². The molecular weight excluding hydrogens is 507 g/mol. The predicted molar refractivity (Wildman–Crippen MR) is 131 cm³/mol. The third-order valence-electron chi connectivity index (χ3n) is 5.76. The van der Waals surface area contributed by atoms with Crippen molar-refractivity contribution in [2.75, 3.05) is 18.9 Å². The zero-order chi connectivity index (χ0) is 26.7. The zero-order valence-corrected chi connectivity index (χ0v) is 21.1. The van der Waals surface area contributed by atoms with E-state index in [1.54, 1.807) is 31.2 Å². The van der Waals surface area contributed by atoms with Gasteiger partial charge >= 0.3 is 0 Å². The highest BCUT2D eigenvalue weighted by Gasteiger charge is 2.34. The minimum Gasteiger partial charge on any atom is -0.495 e. The third kappa shape index (κ3) is 5.22. The molecule has 37 heavy (non-hydrogen) atoms. The smallest absolute Gasteiger partial charge is 0.243 e. The van der Waals surface area contributed by atoms with Crippen LogP contribution in [-0.2, 0) is 14.8 Å². The van der Waals surface area contributed by atoms with E-state index in [1.807, 2.05) is 0 Å². The molecule has 3 N–H and O–H groups in total. The maximum absolute atomic E-state index is 13.4. The average molecular weight is 533 g/mol. The van der Waals surface area contributed by atoms with Crippen LogP contribution in [0, 0.1) is 5.82 Å². The van der Waals surface area contributed by atoms with E-state index in [9.17, 15) is 17.9 Å². The largest absolute Gasteiger partial charge is 0.495 e. The number of aromatic nitrogens is 6. The minimum absolute atomic E-state index is 0.111. The SMILES string of the molecule is COC1=C(n2c(NS(=O)(=O)C(C)C(C)c3ncc(F)cn3)nnc2-c2cccc(OC)n2)[C@@H](O)NC=C1. The molecule has 3 aromatic rings. The molecule has 0 radical (unpaired) electrons. The van der Waals surface area contributed by atoms with Gasteiger partial charge in [-0.1, -0.05) is 13.0 Å². The maximum Gasteiger partial charge on any atom is 0.243 e. The second-order valence-corrected chi connectivity index (χ2v) is 10.0. The Balaban J connectivity index is 1.80. The van der Waals surface area contributed by atoms with Crippen LogP contribution in [0.3, 0.4) is 0 Å². The van der Waals surface area contributed by atoms with Gasteiger partial charge in [-0.2, -0.15) is 0 Å². The molecule has 0 aliphatic carbocycles. The van der Waals surface area contributed by atoms with Gasteiger partial charge in [0.05, 0.1) is 31.9 Å². The Morgan fingerprint density at radius 1 is 1.16 bits per heavy atom. The van der Waals surface area contributed by atoms with Gasteiger partial charge in [-0.05, 0) is 19.1 Å². The summed E-state index contributed by atoms with van der Waals surface area (Å²) in [6, 6.07) is 4.94. The summed E-state index contributed by atoms with van der Waals surface area (Å²) < 4.78 is 54.4. The van der Waals surface area contributed by atoms with Crippen molar-refractivity contribution < 1.29 is 27.4 Å². The van der Waals surface area contributed by atoms with Crippen molar-refractivity contribution in [2.24, 2.45) is 0 Å². The molecule has 4 heterocycles. The number of anilines is 1. The fraction of sp³-hybridized carbons (Fsp3) is 0.318. The lowest BCUT2D eigenvalue weighted by atomic mass is 10.1. The van der Waals surface area contributed by atoms with Crippen molar-refractivity contribution >= 4 is 21.7 Å². The van der Waals surface area contributed by atoms with Crippen LogP contribution in [-0.4, -0.2) is 68.9 Å². The molecule has 3 atom stereocenters. The Labute approximate surface area is 212 Å². The number of halogens is 1. The second-order valence-electron chi connectivity index (χ2n) is 8.00. The first kappa shape index (κ1) is 26.0. The number of hydrogen-bond donors (Lipinski definition) is 3. The molecule has 0 spiro atoms. The summed E-state index contributed by atoms with van der Waals surface area (Å²) in [4.78, 5) is 12.2. The van der Waals surface area contributed by atoms with Crippen LogP contribution < -0.4 is 14.8 Å². The highest BCUT2D eigenvalue weighted by molar-refractivity contribution is 7.93. The van der Waals surface area contributed by atoms with Gasteiger partial charge in [0.25, 0.3) is 0 Å². The molecular formula is C22H25FN8O5S. The lowest BCUT2D eigenvalue weighted by molar-refractivity contribution is 0.193. The van der Waals surface area contributed by atoms with E-state index < -0.39 is 33.2 Å². The monoisotopic (exact) mass is 532 g/mol. The fourth-order valence-corrected chi connectivity index (χ4v) is 4.80. The van der Waals surface area contributed by atoms with Crippen LogP contribution in [0.1, 0.15) is 25.6 Å². The molecule has 0 amide bonds. The molecule has 3 aromatic heterocycles. The summed E-state index contributed by atoms with van der Waals surface area (Å²) in [6.45, 7) is 3.07. The molecule has 0 saturated heterocycles. The van der Waals surface area contributed by atoms with Crippen LogP contribution in [0.25, 0.3) is 17.2 Å². The van der Waals surface area contributed by atoms with Crippen molar-refractivity contribution in [1.82, 2.24) is 35.0 Å². The number of sulfonamides is 1. The van der Waals surface area contributed by atoms with Crippen molar-refractivity contribution in [3.05, 3.63) is 60.3 Å². The Hall–Kier alpha value is -4.11. The number of aliphatic hydroxyl groups excluding tert-OH is 1. The van der Waals surface area contributed by atoms with Crippen molar-refractivity contribution in [3.8, 4) is 17.4 Å². The predicted octanol–water partition coefficient (Wildman–Crippen LogP) is 1.46. The molecule has 0 saturated carbocycles. The van der Waals surface area contributed by atoms with Gasteiger partial charge in [-0.15, -0.1) is 10.2 Å². The molecule has 0 fully saturated rings. The number of nitrogens with zero attached hydrogens (tertiary/aromatic N) is 6. The second kappa shape index (κ2) is 10.5. The lowest BCUT2D eigenvalue weighted by Gasteiger charge is -2.25. The van der Waals surface area contributed by atoms with E-state index >= 15 is 0 Å². The maximum atomic E-state index is 13.4. The standard InChI is InChI=1S/C22H25FN8O5S/c1-12(19-25-10-14(23)11-26-19)13(2)37(33,34)30-22-29-28-20(15-6-5-7-17(27-15)36-4)31(22)18-16(35-3)8-9-24-21(18)32/h5-13,21,24,32H,1-4H3,(H,29,30)/t12?,13?,21-/m1/s1. The first-order valence-electron chi connectivity index (χ1n) is 11.0. The summed E-state index contributed by atoms with van der Waals surface area (Å²) in [6.07, 6.45) is 3.68. The Bertz CT molecular complexity index is 1440.